The summed E-state index contributed by atoms with van der Waals surface area (Å²) < 4.78 is 11.2. The molecule has 2 saturated heterocycles. The van der Waals surface area contributed by atoms with Crippen LogP contribution in [-0.2, 0) is 4.74 Å². The average molecular weight is 530 g/mol. The summed E-state index contributed by atoms with van der Waals surface area (Å²) in [6.07, 6.45) is 7.21. The molecule has 1 saturated carbocycles. The standard InChI is InChI=1S/C32H43N5O2/c1-35(17-18-36-19-21-39-22-20-36)26-11-12-29-28(23-26)32(34-31(33-29)25-7-3-4-8-25)37-15-13-24(14-16-37)27-9-5-6-10-30(27)38-2/h5-6,9-12,23-25H,3-4,7-8,13-22H2,1-2H3. The van der Waals surface area contributed by atoms with Crippen LogP contribution in [-0.4, -0.2) is 81.5 Å². The first-order chi connectivity index (χ1) is 19.2. The monoisotopic (exact) mass is 529 g/mol. The van der Waals surface area contributed by atoms with Gasteiger partial charge in [0, 0.05) is 63.3 Å². The zero-order valence-electron chi connectivity index (χ0n) is 23.6. The molecule has 7 heteroatoms. The van der Waals surface area contributed by atoms with Gasteiger partial charge in [-0.3, -0.25) is 4.90 Å². The zero-order valence-corrected chi connectivity index (χ0v) is 23.6. The van der Waals surface area contributed by atoms with Crippen LogP contribution >= 0.6 is 0 Å². The van der Waals surface area contributed by atoms with Gasteiger partial charge in [-0.1, -0.05) is 31.0 Å². The van der Waals surface area contributed by atoms with E-state index >= 15 is 0 Å². The summed E-state index contributed by atoms with van der Waals surface area (Å²) in [5.41, 5.74) is 3.65. The van der Waals surface area contributed by atoms with Gasteiger partial charge >= 0.3 is 0 Å². The predicted molar refractivity (Wildman–Crippen MR) is 158 cm³/mol. The topological polar surface area (TPSA) is 54.0 Å². The first kappa shape index (κ1) is 26.3. The van der Waals surface area contributed by atoms with E-state index in [4.69, 9.17) is 19.4 Å². The molecule has 39 heavy (non-hydrogen) atoms. The normalized spacial score (nSPS) is 19.6. The predicted octanol–water partition coefficient (Wildman–Crippen LogP) is 5.45. The van der Waals surface area contributed by atoms with Crippen LogP contribution in [0.1, 0.15) is 61.7 Å². The van der Waals surface area contributed by atoms with Crippen LogP contribution in [0.25, 0.3) is 10.9 Å². The minimum Gasteiger partial charge on any atom is -0.496 e. The van der Waals surface area contributed by atoms with E-state index in [1.54, 1.807) is 7.11 Å². The Morgan fingerprint density at radius 1 is 0.923 bits per heavy atom. The molecule has 0 radical (unpaired) electrons. The number of methoxy groups -OCH3 is 1. The summed E-state index contributed by atoms with van der Waals surface area (Å²) in [4.78, 5) is 17.8. The molecule has 3 aliphatic rings. The van der Waals surface area contributed by atoms with Gasteiger partial charge in [-0.15, -0.1) is 0 Å². The maximum atomic E-state index is 5.69. The Morgan fingerprint density at radius 2 is 1.69 bits per heavy atom. The quantitative estimate of drug-likeness (QED) is 0.385. The molecule has 7 nitrogen and oxygen atoms in total. The highest BCUT2D eigenvalue weighted by atomic mass is 16.5. The molecule has 0 amide bonds. The SMILES string of the molecule is COc1ccccc1C1CCN(c2nc(C3CCCC3)nc3ccc(N(C)CCN4CCOCC4)cc23)CC1. The van der Waals surface area contributed by atoms with Gasteiger partial charge in [0.2, 0.25) is 0 Å². The summed E-state index contributed by atoms with van der Waals surface area (Å²) in [6.45, 7) is 7.78. The molecule has 208 valence electrons. The number of para-hydroxylation sites is 1. The highest BCUT2D eigenvalue weighted by Crippen LogP contribution is 2.39. The fourth-order valence-corrected chi connectivity index (χ4v) is 6.61. The molecule has 1 aliphatic carbocycles. The van der Waals surface area contributed by atoms with E-state index in [0.717, 1.165) is 88.2 Å². The van der Waals surface area contributed by atoms with E-state index in [9.17, 15) is 0 Å². The second-order valence-corrected chi connectivity index (χ2v) is 11.5. The minimum absolute atomic E-state index is 0.496. The fourth-order valence-electron chi connectivity index (χ4n) is 6.61. The first-order valence-electron chi connectivity index (χ1n) is 14.9. The van der Waals surface area contributed by atoms with Gasteiger partial charge in [-0.05, 0) is 61.4 Å². The Morgan fingerprint density at radius 3 is 2.46 bits per heavy atom. The number of fused-ring (bicyclic) bond motifs is 1. The van der Waals surface area contributed by atoms with Crippen molar-refractivity contribution in [3.05, 3.63) is 53.9 Å². The van der Waals surface area contributed by atoms with Crippen LogP contribution in [0.5, 0.6) is 5.75 Å². The maximum Gasteiger partial charge on any atom is 0.140 e. The number of hydrogen-bond donors (Lipinski definition) is 0. The lowest BCUT2D eigenvalue weighted by Crippen LogP contribution is -2.40. The number of rotatable bonds is 8. The van der Waals surface area contributed by atoms with Gasteiger partial charge in [-0.25, -0.2) is 9.97 Å². The molecule has 2 aromatic carbocycles. The van der Waals surface area contributed by atoms with E-state index < -0.39 is 0 Å². The third-order valence-electron chi connectivity index (χ3n) is 9.07. The van der Waals surface area contributed by atoms with E-state index in [1.165, 1.54) is 42.3 Å². The largest absolute Gasteiger partial charge is 0.496 e. The second kappa shape index (κ2) is 12.1. The molecule has 1 aromatic heterocycles. The summed E-state index contributed by atoms with van der Waals surface area (Å²) in [5.74, 6) is 4.20. The van der Waals surface area contributed by atoms with Crippen molar-refractivity contribution in [1.82, 2.24) is 14.9 Å². The van der Waals surface area contributed by atoms with Crippen LogP contribution in [0, 0.1) is 0 Å². The van der Waals surface area contributed by atoms with Crippen LogP contribution in [0.4, 0.5) is 11.5 Å². The molecule has 3 aromatic rings. The van der Waals surface area contributed by atoms with Gasteiger partial charge in [0.15, 0.2) is 0 Å². The molecular weight excluding hydrogens is 486 g/mol. The van der Waals surface area contributed by atoms with Crippen molar-refractivity contribution in [3.63, 3.8) is 0 Å². The van der Waals surface area contributed by atoms with E-state index in [2.05, 4.69) is 64.2 Å². The lowest BCUT2D eigenvalue weighted by atomic mass is 9.88. The Bertz CT molecular complexity index is 1250. The Labute approximate surface area is 233 Å². The second-order valence-electron chi connectivity index (χ2n) is 11.5. The number of likely N-dealkylation sites (N-methyl/N-ethyl adjacent to an activating group) is 1. The highest BCUT2D eigenvalue weighted by Gasteiger charge is 2.27. The molecule has 0 unspecified atom stereocenters. The summed E-state index contributed by atoms with van der Waals surface area (Å²) in [7, 11) is 3.98. The van der Waals surface area contributed by atoms with Crippen LogP contribution < -0.4 is 14.5 Å². The van der Waals surface area contributed by atoms with Crippen molar-refractivity contribution in [2.75, 3.05) is 76.4 Å². The maximum absolute atomic E-state index is 5.69. The van der Waals surface area contributed by atoms with Crippen molar-refractivity contribution in [2.45, 2.75) is 50.4 Å². The van der Waals surface area contributed by atoms with Gasteiger partial charge in [0.05, 0.1) is 25.8 Å². The van der Waals surface area contributed by atoms with Crippen molar-refractivity contribution >= 4 is 22.4 Å². The number of anilines is 2. The molecule has 0 atom stereocenters. The van der Waals surface area contributed by atoms with Crippen molar-refractivity contribution in [2.24, 2.45) is 0 Å². The van der Waals surface area contributed by atoms with Crippen molar-refractivity contribution in [3.8, 4) is 5.75 Å². The Hall–Kier alpha value is -2.90. The number of piperidine rings is 1. The van der Waals surface area contributed by atoms with Crippen LogP contribution in [0.2, 0.25) is 0 Å². The number of nitrogens with zero attached hydrogens (tertiary/aromatic N) is 5. The van der Waals surface area contributed by atoms with Crippen LogP contribution in [0.3, 0.4) is 0 Å². The fraction of sp³-hybridized carbons (Fsp3) is 0.562. The van der Waals surface area contributed by atoms with Gasteiger partial charge < -0.3 is 19.3 Å². The molecule has 0 N–H and O–H groups in total. The number of aromatic nitrogens is 2. The van der Waals surface area contributed by atoms with E-state index in [-0.39, 0.29) is 0 Å². The van der Waals surface area contributed by atoms with Crippen LogP contribution in [0.15, 0.2) is 42.5 Å². The molecule has 0 spiro atoms. The summed E-state index contributed by atoms with van der Waals surface area (Å²) in [5, 5.41) is 1.18. The third kappa shape index (κ3) is 5.85. The molecule has 0 bridgehead atoms. The number of morpholine rings is 1. The minimum atomic E-state index is 0.496. The molecule has 2 aliphatic heterocycles. The number of ether oxygens (including phenoxy) is 2. The first-order valence-corrected chi connectivity index (χ1v) is 14.9. The average Bonchev–Trinajstić information content (AvgIpc) is 3.55. The van der Waals surface area contributed by atoms with E-state index in [0.29, 0.717) is 11.8 Å². The Balaban J connectivity index is 1.25. The third-order valence-corrected chi connectivity index (χ3v) is 9.07. The molecule has 6 rings (SSSR count). The summed E-state index contributed by atoms with van der Waals surface area (Å²) >= 11 is 0. The Kier molecular flexibility index (Phi) is 8.16. The number of benzene rings is 2. The summed E-state index contributed by atoms with van der Waals surface area (Å²) in [6, 6.07) is 15.3. The van der Waals surface area contributed by atoms with Crippen molar-refractivity contribution in [1.29, 1.82) is 0 Å². The van der Waals surface area contributed by atoms with Gasteiger partial charge in [-0.2, -0.15) is 0 Å². The molecule has 3 heterocycles. The van der Waals surface area contributed by atoms with Gasteiger partial charge in [0.25, 0.3) is 0 Å². The number of hydrogen-bond acceptors (Lipinski definition) is 7. The van der Waals surface area contributed by atoms with Crippen molar-refractivity contribution < 1.29 is 9.47 Å². The van der Waals surface area contributed by atoms with Gasteiger partial charge in [0.1, 0.15) is 17.4 Å². The molecule has 3 fully saturated rings. The smallest absolute Gasteiger partial charge is 0.140 e. The lowest BCUT2D eigenvalue weighted by Gasteiger charge is -2.34. The highest BCUT2D eigenvalue weighted by molar-refractivity contribution is 5.92. The molecular formula is C32H43N5O2. The zero-order chi connectivity index (χ0) is 26.6. The lowest BCUT2D eigenvalue weighted by molar-refractivity contribution is 0.0393. The van der Waals surface area contributed by atoms with E-state index in [1.807, 2.05) is 0 Å².